The van der Waals surface area contributed by atoms with Gasteiger partial charge in [-0.05, 0) is 12.1 Å². The number of aromatic nitrogens is 1. The number of nitrogens with one attached hydrogen (secondary N) is 1. The first-order valence-electron chi connectivity index (χ1n) is 4.67. The Bertz CT molecular complexity index is 336. The molecule has 1 aromatic rings. The van der Waals surface area contributed by atoms with Crippen molar-refractivity contribution in [3.63, 3.8) is 0 Å². The molecule has 0 aliphatic rings. The Kier molecular flexibility index (Phi) is 3.91. The van der Waals surface area contributed by atoms with Crippen molar-refractivity contribution < 1.29 is 0 Å². The van der Waals surface area contributed by atoms with Gasteiger partial charge in [-0.2, -0.15) is 0 Å². The highest BCUT2D eigenvalue weighted by atomic mass is 35.5. The van der Waals surface area contributed by atoms with Crippen LogP contribution >= 0.6 is 11.6 Å². The number of anilines is 1. The Morgan fingerprint density at radius 1 is 1.67 bits per heavy atom. The smallest absolute Gasteiger partial charge is 0.128 e. The summed E-state index contributed by atoms with van der Waals surface area (Å²) in [6.07, 6.45) is 1.60. The Morgan fingerprint density at radius 2 is 2.33 bits per heavy atom. The fraction of sp³-hybridized carbons (Fsp3) is 0.400. The lowest BCUT2D eigenvalue weighted by molar-refractivity contribution is 0.723. The Balaban J connectivity index is 2.64. The molecule has 0 aliphatic carbocycles. The molecular formula is C10H15ClN4. The minimum absolute atomic E-state index is 0.0208. The summed E-state index contributed by atoms with van der Waals surface area (Å²) in [7, 11) is 1.91. The second kappa shape index (κ2) is 4.98. The average Bonchev–Trinajstić information content (AvgIpc) is 2.18. The number of nitrogens with two attached hydrogens (primary N) is 1. The first-order chi connectivity index (χ1) is 7.00. The molecule has 0 saturated heterocycles. The van der Waals surface area contributed by atoms with E-state index in [1.165, 1.54) is 0 Å². The minimum atomic E-state index is 0.0208. The SMILES string of the molecule is CC(CN(C)c1ccc(Cl)cn1)C(=N)N. The van der Waals surface area contributed by atoms with Crippen LogP contribution in [-0.2, 0) is 0 Å². The zero-order chi connectivity index (χ0) is 11.4. The van der Waals surface area contributed by atoms with E-state index in [2.05, 4.69) is 4.98 Å². The van der Waals surface area contributed by atoms with Crippen molar-refractivity contribution in [2.75, 3.05) is 18.5 Å². The van der Waals surface area contributed by atoms with Gasteiger partial charge in [0.25, 0.3) is 0 Å². The molecule has 0 fully saturated rings. The third kappa shape index (κ3) is 3.40. The van der Waals surface area contributed by atoms with E-state index in [1.807, 2.05) is 24.9 Å². The molecule has 1 atom stereocenters. The lowest BCUT2D eigenvalue weighted by atomic mass is 10.1. The number of pyridine rings is 1. The van der Waals surface area contributed by atoms with E-state index in [4.69, 9.17) is 22.7 Å². The van der Waals surface area contributed by atoms with Crippen LogP contribution in [0.15, 0.2) is 18.3 Å². The normalized spacial score (nSPS) is 12.2. The molecule has 0 bridgehead atoms. The first-order valence-corrected chi connectivity index (χ1v) is 5.05. The molecule has 1 unspecified atom stereocenters. The highest BCUT2D eigenvalue weighted by molar-refractivity contribution is 6.30. The summed E-state index contributed by atoms with van der Waals surface area (Å²) in [5, 5.41) is 7.92. The maximum absolute atomic E-state index is 7.30. The third-order valence-corrected chi connectivity index (χ3v) is 2.41. The van der Waals surface area contributed by atoms with Gasteiger partial charge >= 0.3 is 0 Å². The lowest BCUT2D eigenvalue weighted by Crippen LogP contribution is -2.32. The van der Waals surface area contributed by atoms with Gasteiger partial charge in [-0.25, -0.2) is 4.98 Å². The molecule has 0 aromatic carbocycles. The molecule has 0 saturated carbocycles. The van der Waals surface area contributed by atoms with Gasteiger partial charge in [0.15, 0.2) is 0 Å². The first kappa shape index (κ1) is 11.8. The van der Waals surface area contributed by atoms with Crippen molar-refractivity contribution >= 4 is 23.3 Å². The van der Waals surface area contributed by atoms with Crippen LogP contribution in [0.3, 0.4) is 0 Å². The van der Waals surface area contributed by atoms with E-state index in [0.29, 0.717) is 11.6 Å². The van der Waals surface area contributed by atoms with Crippen LogP contribution < -0.4 is 10.6 Å². The van der Waals surface area contributed by atoms with E-state index in [0.717, 1.165) is 5.82 Å². The molecule has 1 heterocycles. The van der Waals surface area contributed by atoms with Crippen LogP contribution in [0.1, 0.15) is 6.92 Å². The third-order valence-electron chi connectivity index (χ3n) is 2.18. The number of rotatable bonds is 4. The molecule has 0 spiro atoms. The van der Waals surface area contributed by atoms with E-state index < -0.39 is 0 Å². The summed E-state index contributed by atoms with van der Waals surface area (Å²) in [6.45, 7) is 2.58. The van der Waals surface area contributed by atoms with Crippen LogP contribution in [-0.4, -0.2) is 24.4 Å². The van der Waals surface area contributed by atoms with E-state index >= 15 is 0 Å². The molecule has 82 valence electrons. The highest BCUT2D eigenvalue weighted by Gasteiger charge is 2.10. The van der Waals surface area contributed by atoms with Crippen LogP contribution in [0.5, 0.6) is 0 Å². The Hall–Kier alpha value is -1.29. The molecule has 0 radical (unpaired) electrons. The zero-order valence-electron chi connectivity index (χ0n) is 8.87. The molecule has 0 aliphatic heterocycles. The van der Waals surface area contributed by atoms with Gasteiger partial charge in [-0.15, -0.1) is 0 Å². The summed E-state index contributed by atoms with van der Waals surface area (Å²) in [4.78, 5) is 6.12. The molecule has 5 heteroatoms. The maximum Gasteiger partial charge on any atom is 0.128 e. The predicted molar refractivity (Wildman–Crippen MR) is 63.6 cm³/mol. The van der Waals surface area contributed by atoms with Gasteiger partial charge in [0.05, 0.1) is 10.9 Å². The fourth-order valence-electron chi connectivity index (χ4n) is 1.20. The van der Waals surface area contributed by atoms with Gasteiger partial charge < -0.3 is 10.6 Å². The summed E-state index contributed by atoms with van der Waals surface area (Å²) in [6, 6.07) is 3.63. The minimum Gasteiger partial charge on any atom is -0.387 e. The number of halogens is 1. The molecule has 1 aromatic heterocycles. The van der Waals surface area contributed by atoms with Crippen molar-refractivity contribution in [1.82, 2.24) is 4.98 Å². The second-order valence-electron chi connectivity index (χ2n) is 3.57. The number of hydrogen-bond acceptors (Lipinski definition) is 3. The molecule has 15 heavy (non-hydrogen) atoms. The quantitative estimate of drug-likeness (QED) is 0.607. The zero-order valence-corrected chi connectivity index (χ0v) is 9.62. The molecule has 0 amide bonds. The summed E-state index contributed by atoms with van der Waals surface area (Å²) in [5.74, 6) is 1.04. The molecule has 3 N–H and O–H groups in total. The largest absolute Gasteiger partial charge is 0.387 e. The van der Waals surface area contributed by atoms with Crippen molar-refractivity contribution in [2.45, 2.75) is 6.92 Å². The van der Waals surface area contributed by atoms with Crippen LogP contribution in [0, 0.1) is 11.3 Å². The average molecular weight is 227 g/mol. The van der Waals surface area contributed by atoms with Crippen molar-refractivity contribution in [3.8, 4) is 0 Å². The predicted octanol–water partition coefficient (Wildman–Crippen LogP) is 1.74. The van der Waals surface area contributed by atoms with Crippen LogP contribution in [0.25, 0.3) is 0 Å². The monoisotopic (exact) mass is 226 g/mol. The topological polar surface area (TPSA) is 66.0 Å². The standard InChI is InChI=1S/C10H15ClN4/c1-7(10(12)13)6-15(2)9-4-3-8(11)5-14-9/h3-5,7H,6H2,1-2H3,(H3,12,13). The van der Waals surface area contributed by atoms with Crippen molar-refractivity contribution in [2.24, 2.45) is 11.7 Å². The van der Waals surface area contributed by atoms with Gasteiger partial charge in [-0.3, -0.25) is 5.41 Å². The molecule has 4 nitrogen and oxygen atoms in total. The molecular weight excluding hydrogens is 212 g/mol. The Labute approximate surface area is 94.6 Å². The summed E-state index contributed by atoms with van der Waals surface area (Å²) < 4.78 is 0. The second-order valence-corrected chi connectivity index (χ2v) is 4.01. The Morgan fingerprint density at radius 3 is 2.80 bits per heavy atom. The summed E-state index contributed by atoms with van der Waals surface area (Å²) >= 11 is 5.74. The lowest BCUT2D eigenvalue weighted by Gasteiger charge is -2.21. The van der Waals surface area contributed by atoms with Gasteiger partial charge in [0, 0.05) is 25.7 Å². The van der Waals surface area contributed by atoms with E-state index in [9.17, 15) is 0 Å². The number of nitrogens with zero attached hydrogens (tertiary/aromatic N) is 2. The fourth-order valence-corrected chi connectivity index (χ4v) is 1.31. The summed E-state index contributed by atoms with van der Waals surface area (Å²) in [5.41, 5.74) is 5.40. The van der Waals surface area contributed by atoms with Gasteiger partial charge in [0.2, 0.25) is 0 Å². The molecule has 1 rings (SSSR count). The van der Waals surface area contributed by atoms with Gasteiger partial charge in [0.1, 0.15) is 5.82 Å². The van der Waals surface area contributed by atoms with Gasteiger partial charge in [-0.1, -0.05) is 18.5 Å². The highest BCUT2D eigenvalue weighted by Crippen LogP contribution is 2.13. The van der Waals surface area contributed by atoms with Crippen molar-refractivity contribution in [1.29, 1.82) is 5.41 Å². The van der Waals surface area contributed by atoms with E-state index in [-0.39, 0.29) is 11.8 Å². The number of amidine groups is 1. The van der Waals surface area contributed by atoms with Crippen molar-refractivity contribution in [3.05, 3.63) is 23.4 Å². The van der Waals surface area contributed by atoms with Crippen LogP contribution in [0.4, 0.5) is 5.82 Å². The number of hydrogen-bond donors (Lipinski definition) is 2. The maximum atomic E-state index is 7.30. The van der Waals surface area contributed by atoms with E-state index in [1.54, 1.807) is 12.3 Å². The van der Waals surface area contributed by atoms with Crippen LogP contribution in [0.2, 0.25) is 5.02 Å².